The van der Waals surface area contributed by atoms with Crippen LogP contribution in [0.2, 0.25) is 0 Å². The highest BCUT2D eigenvalue weighted by molar-refractivity contribution is 5.92. The highest BCUT2D eigenvalue weighted by Gasteiger charge is 2.16. The Kier molecular flexibility index (Phi) is 5.95. The molecule has 0 fully saturated rings. The molecular formula is C13H17FN2O3. The van der Waals surface area contributed by atoms with Gasteiger partial charge in [0.2, 0.25) is 5.91 Å². The van der Waals surface area contributed by atoms with E-state index < -0.39 is 12.0 Å². The molecule has 0 aromatic heterocycles. The zero-order chi connectivity index (χ0) is 14.3. The summed E-state index contributed by atoms with van der Waals surface area (Å²) in [5, 5.41) is 14.1. The molecule has 0 spiro atoms. The third-order valence-electron chi connectivity index (χ3n) is 2.51. The average Bonchev–Trinajstić information content (AvgIpc) is 2.37. The van der Waals surface area contributed by atoms with Gasteiger partial charge in [-0.05, 0) is 30.7 Å². The number of rotatable bonds is 7. The van der Waals surface area contributed by atoms with Gasteiger partial charge in [-0.25, -0.2) is 4.39 Å². The molecule has 19 heavy (non-hydrogen) atoms. The number of anilines is 1. The molecular weight excluding hydrogens is 251 g/mol. The third-order valence-corrected chi connectivity index (χ3v) is 2.51. The monoisotopic (exact) mass is 268 g/mol. The summed E-state index contributed by atoms with van der Waals surface area (Å²) < 4.78 is 12.7. The van der Waals surface area contributed by atoms with Crippen molar-refractivity contribution < 1.29 is 19.1 Å². The van der Waals surface area contributed by atoms with E-state index in [0.29, 0.717) is 18.5 Å². The van der Waals surface area contributed by atoms with Crippen LogP contribution in [0.4, 0.5) is 10.1 Å². The number of benzene rings is 1. The maximum Gasteiger partial charge on any atom is 0.320 e. The Morgan fingerprint density at radius 2 is 1.95 bits per heavy atom. The Morgan fingerprint density at radius 3 is 2.47 bits per heavy atom. The molecule has 0 aliphatic rings. The van der Waals surface area contributed by atoms with E-state index >= 15 is 0 Å². The van der Waals surface area contributed by atoms with Gasteiger partial charge < -0.3 is 10.4 Å². The molecule has 0 saturated heterocycles. The Labute approximate surface area is 110 Å². The van der Waals surface area contributed by atoms with E-state index in [1.165, 1.54) is 24.3 Å². The summed E-state index contributed by atoms with van der Waals surface area (Å²) in [6, 6.07) is 4.62. The second kappa shape index (κ2) is 7.48. The Bertz CT molecular complexity index is 434. The van der Waals surface area contributed by atoms with Crippen LogP contribution in [0.15, 0.2) is 24.3 Å². The maximum atomic E-state index is 12.7. The third kappa shape index (κ3) is 5.48. The molecule has 0 radical (unpaired) electrons. The summed E-state index contributed by atoms with van der Waals surface area (Å²) in [6.45, 7) is 1.77. The van der Waals surface area contributed by atoms with Crippen LogP contribution in [0.5, 0.6) is 0 Å². The number of amides is 1. The van der Waals surface area contributed by atoms with Crippen LogP contribution >= 0.6 is 0 Å². The zero-order valence-corrected chi connectivity index (χ0v) is 10.6. The minimum atomic E-state index is -0.976. The highest BCUT2D eigenvalue weighted by Crippen LogP contribution is 2.07. The number of carboxylic acid groups (broad SMARTS) is 1. The molecule has 0 bridgehead atoms. The van der Waals surface area contributed by atoms with Crippen LogP contribution in [0, 0.1) is 5.82 Å². The fourth-order valence-electron chi connectivity index (χ4n) is 1.56. The minimum absolute atomic E-state index is 0.103. The summed E-state index contributed by atoms with van der Waals surface area (Å²) >= 11 is 0. The number of hydrogen-bond donors (Lipinski definition) is 3. The first-order valence-electron chi connectivity index (χ1n) is 6.04. The van der Waals surface area contributed by atoms with Gasteiger partial charge in [-0.15, -0.1) is 0 Å². The number of aliphatic carboxylic acids is 1. The predicted molar refractivity (Wildman–Crippen MR) is 69.4 cm³/mol. The lowest BCUT2D eigenvalue weighted by Gasteiger charge is -2.13. The second-order valence-electron chi connectivity index (χ2n) is 4.12. The smallest absolute Gasteiger partial charge is 0.320 e. The summed E-state index contributed by atoms with van der Waals surface area (Å²) in [6.07, 6.45) is 1.17. The fourth-order valence-corrected chi connectivity index (χ4v) is 1.56. The standard InChI is InChI=1S/C13H17FN2O3/c1-2-3-11(13(18)19)15-8-12(17)16-10-6-4-9(14)5-7-10/h4-7,11,15H,2-3,8H2,1H3,(H,16,17)(H,18,19). The molecule has 1 aromatic rings. The van der Waals surface area contributed by atoms with Gasteiger partial charge in [0.15, 0.2) is 0 Å². The molecule has 1 rings (SSSR count). The highest BCUT2D eigenvalue weighted by atomic mass is 19.1. The van der Waals surface area contributed by atoms with E-state index in [-0.39, 0.29) is 18.3 Å². The van der Waals surface area contributed by atoms with Crippen molar-refractivity contribution in [2.75, 3.05) is 11.9 Å². The van der Waals surface area contributed by atoms with Gasteiger partial charge in [-0.3, -0.25) is 14.9 Å². The van der Waals surface area contributed by atoms with Crippen molar-refractivity contribution in [1.29, 1.82) is 0 Å². The summed E-state index contributed by atoms with van der Waals surface area (Å²) in [5.41, 5.74) is 0.468. The molecule has 1 atom stereocenters. The van der Waals surface area contributed by atoms with Crippen molar-refractivity contribution in [1.82, 2.24) is 5.32 Å². The number of carboxylic acids is 1. The van der Waals surface area contributed by atoms with Gasteiger partial charge >= 0.3 is 5.97 Å². The van der Waals surface area contributed by atoms with Crippen molar-refractivity contribution in [3.05, 3.63) is 30.1 Å². The van der Waals surface area contributed by atoms with Crippen molar-refractivity contribution in [2.24, 2.45) is 0 Å². The fraction of sp³-hybridized carbons (Fsp3) is 0.385. The maximum absolute atomic E-state index is 12.7. The average molecular weight is 268 g/mol. The number of nitrogens with one attached hydrogen (secondary N) is 2. The lowest BCUT2D eigenvalue weighted by molar-refractivity contribution is -0.139. The molecule has 1 unspecified atom stereocenters. The number of hydrogen-bond acceptors (Lipinski definition) is 3. The molecule has 1 amide bonds. The Hall–Kier alpha value is -1.95. The van der Waals surface area contributed by atoms with E-state index in [0.717, 1.165) is 0 Å². The van der Waals surface area contributed by atoms with E-state index in [9.17, 15) is 14.0 Å². The molecule has 0 aliphatic heterocycles. The molecule has 0 heterocycles. The first-order valence-corrected chi connectivity index (χ1v) is 6.04. The Morgan fingerprint density at radius 1 is 1.32 bits per heavy atom. The SMILES string of the molecule is CCCC(NCC(=O)Nc1ccc(F)cc1)C(=O)O. The molecule has 3 N–H and O–H groups in total. The molecule has 5 nitrogen and oxygen atoms in total. The van der Waals surface area contributed by atoms with E-state index in [4.69, 9.17) is 5.11 Å². The topological polar surface area (TPSA) is 78.4 Å². The molecule has 0 aliphatic carbocycles. The number of halogens is 1. The van der Waals surface area contributed by atoms with Crippen molar-refractivity contribution in [2.45, 2.75) is 25.8 Å². The van der Waals surface area contributed by atoms with Gasteiger partial charge in [0.25, 0.3) is 0 Å². The predicted octanol–water partition coefficient (Wildman–Crippen LogP) is 1.61. The van der Waals surface area contributed by atoms with Gasteiger partial charge in [-0.1, -0.05) is 13.3 Å². The normalized spacial score (nSPS) is 11.9. The van der Waals surface area contributed by atoms with E-state index in [1.807, 2.05) is 6.92 Å². The summed E-state index contributed by atoms with van der Waals surface area (Å²) in [5.74, 6) is -1.73. The van der Waals surface area contributed by atoms with Gasteiger partial charge in [-0.2, -0.15) is 0 Å². The zero-order valence-electron chi connectivity index (χ0n) is 10.6. The molecule has 104 valence electrons. The van der Waals surface area contributed by atoms with Crippen molar-refractivity contribution in [3.63, 3.8) is 0 Å². The number of carbonyl (C=O) groups is 2. The van der Waals surface area contributed by atoms with Crippen LogP contribution in [-0.4, -0.2) is 29.6 Å². The summed E-state index contributed by atoms with van der Waals surface area (Å²) in [7, 11) is 0. The second-order valence-corrected chi connectivity index (χ2v) is 4.12. The van der Waals surface area contributed by atoms with Gasteiger partial charge in [0.1, 0.15) is 11.9 Å². The van der Waals surface area contributed by atoms with Crippen LogP contribution in [0.25, 0.3) is 0 Å². The van der Waals surface area contributed by atoms with E-state index in [1.54, 1.807) is 0 Å². The molecule has 6 heteroatoms. The van der Waals surface area contributed by atoms with E-state index in [2.05, 4.69) is 10.6 Å². The quantitative estimate of drug-likeness (QED) is 0.702. The molecule has 1 aromatic carbocycles. The Balaban J connectivity index is 2.42. The number of carbonyl (C=O) groups excluding carboxylic acids is 1. The van der Waals surface area contributed by atoms with Crippen LogP contribution in [-0.2, 0) is 9.59 Å². The van der Waals surface area contributed by atoms with Crippen molar-refractivity contribution >= 4 is 17.6 Å². The first kappa shape index (κ1) is 15.1. The first-order chi connectivity index (χ1) is 9.02. The van der Waals surface area contributed by atoms with Gasteiger partial charge in [0.05, 0.1) is 6.54 Å². The minimum Gasteiger partial charge on any atom is -0.480 e. The lowest BCUT2D eigenvalue weighted by atomic mass is 10.2. The van der Waals surface area contributed by atoms with Crippen LogP contribution in [0.1, 0.15) is 19.8 Å². The largest absolute Gasteiger partial charge is 0.480 e. The molecule has 0 saturated carbocycles. The van der Waals surface area contributed by atoms with Gasteiger partial charge in [0, 0.05) is 5.69 Å². The van der Waals surface area contributed by atoms with Crippen molar-refractivity contribution in [3.8, 4) is 0 Å². The van der Waals surface area contributed by atoms with Crippen LogP contribution < -0.4 is 10.6 Å². The summed E-state index contributed by atoms with van der Waals surface area (Å²) in [4.78, 5) is 22.4. The van der Waals surface area contributed by atoms with Crippen LogP contribution in [0.3, 0.4) is 0 Å². The lowest BCUT2D eigenvalue weighted by Crippen LogP contribution is -2.41.